The third-order valence-electron chi connectivity index (χ3n) is 5.40. The molecule has 0 spiro atoms. The van der Waals surface area contributed by atoms with Crippen molar-refractivity contribution in [1.29, 1.82) is 0 Å². The van der Waals surface area contributed by atoms with Gasteiger partial charge in [0.1, 0.15) is 17.5 Å². The Balaban J connectivity index is 1.49. The summed E-state index contributed by atoms with van der Waals surface area (Å²) in [7, 11) is 0. The molecule has 1 aliphatic heterocycles. The molecule has 0 bridgehead atoms. The van der Waals surface area contributed by atoms with Crippen LogP contribution in [0.5, 0.6) is 0 Å². The first-order valence-corrected chi connectivity index (χ1v) is 9.25. The molecule has 5 rings (SSSR count). The van der Waals surface area contributed by atoms with Crippen molar-refractivity contribution in [3.05, 3.63) is 47.3 Å². The van der Waals surface area contributed by atoms with Crippen LogP contribution in [0.25, 0.3) is 0 Å². The Hall–Kier alpha value is -2.10. The zero-order chi connectivity index (χ0) is 16.1. The fraction of sp³-hybridized carbons (Fsp3) is 0.500. The molecular formula is C20H24N4. The van der Waals surface area contributed by atoms with Crippen molar-refractivity contribution in [3.8, 4) is 0 Å². The zero-order valence-electron chi connectivity index (χ0n) is 14.2. The lowest BCUT2D eigenvalue weighted by molar-refractivity contribution is 0.585. The maximum atomic E-state index is 4.94. The summed E-state index contributed by atoms with van der Waals surface area (Å²) in [5.74, 6) is 3.74. The largest absolute Gasteiger partial charge is 0.367 e. The molecule has 4 heteroatoms. The van der Waals surface area contributed by atoms with E-state index in [-0.39, 0.29) is 0 Å². The highest BCUT2D eigenvalue weighted by Gasteiger charge is 2.31. The van der Waals surface area contributed by atoms with Crippen molar-refractivity contribution in [2.24, 2.45) is 0 Å². The van der Waals surface area contributed by atoms with Crippen molar-refractivity contribution in [2.75, 3.05) is 10.2 Å². The second kappa shape index (κ2) is 5.47. The molecule has 124 valence electrons. The molecule has 1 aromatic heterocycles. The minimum absolute atomic E-state index is 0.468. The van der Waals surface area contributed by atoms with Crippen LogP contribution >= 0.6 is 0 Å². The Bertz CT molecular complexity index is 764. The fourth-order valence-electron chi connectivity index (χ4n) is 3.62. The second-order valence-corrected chi connectivity index (χ2v) is 7.61. The summed E-state index contributed by atoms with van der Waals surface area (Å²) in [4.78, 5) is 12.2. The topological polar surface area (TPSA) is 41.0 Å². The van der Waals surface area contributed by atoms with Gasteiger partial charge in [-0.25, -0.2) is 9.97 Å². The number of nitrogens with one attached hydrogen (secondary N) is 1. The first-order chi connectivity index (χ1) is 11.8. The van der Waals surface area contributed by atoms with Gasteiger partial charge in [0, 0.05) is 30.6 Å². The Morgan fingerprint density at radius 1 is 1.04 bits per heavy atom. The predicted octanol–water partition coefficient (Wildman–Crippen LogP) is 3.88. The van der Waals surface area contributed by atoms with Gasteiger partial charge in [0.2, 0.25) is 0 Å². The van der Waals surface area contributed by atoms with E-state index in [1.54, 1.807) is 0 Å². The molecule has 1 N–H and O–H groups in total. The van der Waals surface area contributed by atoms with Crippen LogP contribution in [0.3, 0.4) is 0 Å². The molecule has 2 saturated carbocycles. The van der Waals surface area contributed by atoms with Crippen molar-refractivity contribution >= 4 is 11.6 Å². The summed E-state index contributed by atoms with van der Waals surface area (Å²) in [6, 6.07) is 12.1. The molecule has 1 aromatic carbocycles. The number of nitrogens with zero attached hydrogens (tertiary/aromatic N) is 3. The minimum Gasteiger partial charge on any atom is -0.367 e. The van der Waals surface area contributed by atoms with Crippen LogP contribution in [0.2, 0.25) is 0 Å². The highest BCUT2D eigenvalue weighted by Crippen LogP contribution is 2.40. The van der Waals surface area contributed by atoms with Crippen LogP contribution in [0.15, 0.2) is 30.3 Å². The van der Waals surface area contributed by atoms with Crippen molar-refractivity contribution in [1.82, 2.24) is 9.97 Å². The smallest absolute Gasteiger partial charge is 0.136 e. The average molecular weight is 320 g/mol. The van der Waals surface area contributed by atoms with E-state index in [1.165, 1.54) is 36.8 Å². The van der Waals surface area contributed by atoms with Gasteiger partial charge in [-0.05, 0) is 50.2 Å². The van der Waals surface area contributed by atoms with E-state index >= 15 is 0 Å². The lowest BCUT2D eigenvalue weighted by Gasteiger charge is -2.36. The lowest BCUT2D eigenvalue weighted by atomic mass is 9.95. The first-order valence-electron chi connectivity index (χ1n) is 9.25. The van der Waals surface area contributed by atoms with Gasteiger partial charge in [0.05, 0.1) is 0 Å². The monoisotopic (exact) mass is 320 g/mol. The first kappa shape index (κ1) is 14.3. The van der Waals surface area contributed by atoms with Gasteiger partial charge in [0.25, 0.3) is 0 Å². The summed E-state index contributed by atoms with van der Waals surface area (Å²) >= 11 is 0. The molecule has 0 unspecified atom stereocenters. The highest BCUT2D eigenvalue weighted by molar-refractivity contribution is 5.53. The molecule has 0 saturated heterocycles. The van der Waals surface area contributed by atoms with Crippen molar-refractivity contribution in [3.63, 3.8) is 0 Å². The van der Waals surface area contributed by atoms with E-state index < -0.39 is 0 Å². The number of hydrogen-bond acceptors (Lipinski definition) is 4. The molecule has 2 heterocycles. The Kier molecular flexibility index (Phi) is 3.25. The fourth-order valence-corrected chi connectivity index (χ4v) is 3.62. The molecule has 3 aliphatic rings. The zero-order valence-corrected chi connectivity index (χ0v) is 14.2. The maximum Gasteiger partial charge on any atom is 0.136 e. The summed E-state index contributed by atoms with van der Waals surface area (Å²) in [5.41, 5.74) is 2.91. The van der Waals surface area contributed by atoms with Crippen LogP contribution < -0.4 is 10.2 Å². The summed E-state index contributed by atoms with van der Waals surface area (Å²) in [5, 5.41) is 3.57. The summed E-state index contributed by atoms with van der Waals surface area (Å²) in [6.07, 6.45) is 6.11. The van der Waals surface area contributed by atoms with E-state index in [0.717, 1.165) is 30.4 Å². The van der Waals surface area contributed by atoms with Gasteiger partial charge < -0.3 is 10.2 Å². The second-order valence-electron chi connectivity index (χ2n) is 7.61. The van der Waals surface area contributed by atoms with Gasteiger partial charge in [-0.3, -0.25) is 0 Å². The van der Waals surface area contributed by atoms with Crippen LogP contribution in [0, 0.1) is 0 Å². The molecule has 2 aliphatic carbocycles. The molecule has 0 radical (unpaired) electrons. The summed E-state index contributed by atoms with van der Waals surface area (Å²) < 4.78 is 0. The Labute approximate surface area is 143 Å². The van der Waals surface area contributed by atoms with Gasteiger partial charge >= 0.3 is 0 Å². The SMILES string of the molecule is C[C@H]1Cc2ccccc2CN1c1cc(NC2CC2)nc(C2CC2)n1. The molecule has 1 atom stereocenters. The normalized spacial score (nSPS) is 23.0. The van der Waals surface area contributed by atoms with E-state index in [4.69, 9.17) is 9.97 Å². The van der Waals surface area contributed by atoms with E-state index in [9.17, 15) is 0 Å². The van der Waals surface area contributed by atoms with Crippen molar-refractivity contribution in [2.45, 2.75) is 63.6 Å². The quantitative estimate of drug-likeness (QED) is 0.928. The number of aromatic nitrogens is 2. The molecule has 4 nitrogen and oxygen atoms in total. The standard InChI is InChI=1S/C20H24N4/c1-13-10-15-4-2-3-5-16(15)12-24(13)19-11-18(21-17-8-9-17)22-20(23-19)14-6-7-14/h2-5,11,13-14,17H,6-10,12H2,1H3,(H,21,22,23)/t13-/m0/s1. The number of benzene rings is 1. The lowest BCUT2D eigenvalue weighted by Crippen LogP contribution is -2.39. The highest BCUT2D eigenvalue weighted by atomic mass is 15.2. The Morgan fingerprint density at radius 3 is 2.58 bits per heavy atom. The molecule has 0 amide bonds. The molecule has 2 fully saturated rings. The third kappa shape index (κ3) is 2.74. The molecule has 24 heavy (non-hydrogen) atoms. The number of rotatable bonds is 4. The number of fused-ring (bicyclic) bond motifs is 1. The van der Waals surface area contributed by atoms with E-state index in [1.807, 2.05) is 0 Å². The average Bonchev–Trinajstić information content (AvgIpc) is 3.47. The predicted molar refractivity (Wildman–Crippen MR) is 96.4 cm³/mol. The molecular weight excluding hydrogens is 296 g/mol. The van der Waals surface area contributed by atoms with Gasteiger partial charge in [-0.1, -0.05) is 24.3 Å². The van der Waals surface area contributed by atoms with Crippen molar-refractivity contribution < 1.29 is 0 Å². The van der Waals surface area contributed by atoms with Gasteiger partial charge in [0.15, 0.2) is 0 Å². The van der Waals surface area contributed by atoms with Gasteiger partial charge in [-0.2, -0.15) is 0 Å². The maximum absolute atomic E-state index is 4.94. The van der Waals surface area contributed by atoms with Crippen LogP contribution in [0.1, 0.15) is 55.5 Å². The minimum atomic E-state index is 0.468. The number of hydrogen-bond donors (Lipinski definition) is 1. The molecule has 2 aromatic rings. The van der Waals surface area contributed by atoms with E-state index in [0.29, 0.717) is 18.0 Å². The van der Waals surface area contributed by atoms with Crippen LogP contribution in [-0.4, -0.2) is 22.1 Å². The Morgan fingerprint density at radius 2 is 1.83 bits per heavy atom. The van der Waals surface area contributed by atoms with Crippen LogP contribution in [0.4, 0.5) is 11.6 Å². The van der Waals surface area contributed by atoms with Gasteiger partial charge in [-0.15, -0.1) is 0 Å². The number of anilines is 2. The van der Waals surface area contributed by atoms with Crippen LogP contribution in [-0.2, 0) is 13.0 Å². The third-order valence-corrected chi connectivity index (χ3v) is 5.40. The van der Waals surface area contributed by atoms with E-state index in [2.05, 4.69) is 47.5 Å². The summed E-state index contributed by atoms with van der Waals surface area (Å²) in [6.45, 7) is 3.25.